The van der Waals surface area contributed by atoms with Gasteiger partial charge in [0.15, 0.2) is 5.69 Å². The molecule has 0 radical (unpaired) electrons. The van der Waals surface area contributed by atoms with Crippen molar-refractivity contribution >= 4 is 33.4 Å². The topological polar surface area (TPSA) is 86.5 Å². The smallest absolute Gasteiger partial charge is 0.270 e. The predicted molar refractivity (Wildman–Crippen MR) is 123 cm³/mol. The molecule has 152 valence electrons. The van der Waals surface area contributed by atoms with Crippen molar-refractivity contribution in [2.75, 3.05) is 0 Å². The van der Waals surface area contributed by atoms with Gasteiger partial charge < -0.3 is 10.1 Å². The van der Waals surface area contributed by atoms with Crippen LogP contribution in [-0.4, -0.2) is 20.1 Å². The Hall–Kier alpha value is -4.06. The minimum Gasteiger partial charge on any atom is -0.493 e. The Balaban J connectivity index is 1.67. The highest BCUT2D eigenvalue weighted by atomic mass is 16.3. The third kappa shape index (κ3) is 3.42. The molecule has 0 saturated heterocycles. The Morgan fingerprint density at radius 3 is 2.39 bits per heavy atom. The first-order valence-corrected chi connectivity index (χ1v) is 10.1. The molecular weight excluding hydrogens is 386 g/mol. The summed E-state index contributed by atoms with van der Waals surface area (Å²) < 4.78 is 0. The van der Waals surface area contributed by atoms with Crippen LogP contribution in [-0.2, 0) is 0 Å². The van der Waals surface area contributed by atoms with Crippen molar-refractivity contribution in [1.29, 1.82) is 0 Å². The van der Waals surface area contributed by atoms with Crippen molar-refractivity contribution in [2.24, 2.45) is 10.2 Å². The number of aryl methyl sites for hydroxylation is 3. The minimum absolute atomic E-state index is 0.0212. The first kappa shape index (κ1) is 18.9. The maximum absolute atomic E-state index is 10.4. The van der Waals surface area contributed by atoms with Crippen molar-refractivity contribution in [3.05, 3.63) is 77.4 Å². The minimum atomic E-state index is -0.0212. The zero-order chi connectivity index (χ0) is 21.5. The summed E-state index contributed by atoms with van der Waals surface area (Å²) in [5.74, 6) is 0.223. The molecule has 0 saturated carbocycles. The Bertz CT molecular complexity index is 1470. The van der Waals surface area contributed by atoms with Gasteiger partial charge in [-0.3, -0.25) is 0 Å². The lowest BCUT2D eigenvalue weighted by atomic mass is 10.0. The molecule has 2 aromatic heterocycles. The molecule has 0 amide bonds. The molecular formula is C25H21N5O. The highest BCUT2D eigenvalue weighted by molar-refractivity contribution is 5.96. The number of aromatic nitrogens is 3. The zero-order valence-corrected chi connectivity index (χ0v) is 17.5. The van der Waals surface area contributed by atoms with E-state index in [4.69, 9.17) is 4.98 Å². The fourth-order valence-electron chi connectivity index (χ4n) is 3.91. The van der Waals surface area contributed by atoms with Crippen LogP contribution in [0.1, 0.15) is 16.7 Å². The average Bonchev–Trinajstić information content (AvgIpc) is 3.08. The van der Waals surface area contributed by atoms with E-state index in [2.05, 4.69) is 32.3 Å². The number of aromatic hydroxyl groups is 1. The van der Waals surface area contributed by atoms with E-state index in [-0.39, 0.29) is 11.8 Å². The molecule has 0 aliphatic carbocycles. The Labute approximate surface area is 179 Å². The number of nitrogens with zero attached hydrogens (tertiary/aromatic N) is 4. The van der Waals surface area contributed by atoms with Crippen LogP contribution in [0, 0.1) is 20.8 Å². The van der Waals surface area contributed by atoms with Crippen LogP contribution in [0.15, 0.2) is 70.9 Å². The molecule has 6 heteroatoms. The predicted octanol–water partition coefficient (Wildman–Crippen LogP) is 6.82. The third-order valence-electron chi connectivity index (χ3n) is 5.33. The molecule has 0 aliphatic rings. The Morgan fingerprint density at radius 1 is 0.806 bits per heavy atom. The first-order chi connectivity index (χ1) is 15.0. The van der Waals surface area contributed by atoms with E-state index in [0.29, 0.717) is 5.69 Å². The SMILES string of the molecule is Cc1ccc2nc(N=Nc3c(O)[nH]c4c(C)cc(C)cc34)nc(-c3ccccc3)c2c1. The molecule has 0 bridgehead atoms. The fraction of sp³-hybridized carbons (Fsp3) is 0.120. The number of rotatable bonds is 3. The molecule has 2 N–H and O–H groups in total. The second-order valence-electron chi connectivity index (χ2n) is 7.79. The van der Waals surface area contributed by atoms with Crippen LogP contribution < -0.4 is 0 Å². The Morgan fingerprint density at radius 2 is 1.58 bits per heavy atom. The van der Waals surface area contributed by atoms with Gasteiger partial charge in [-0.15, -0.1) is 10.2 Å². The summed E-state index contributed by atoms with van der Waals surface area (Å²) in [7, 11) is 0. The van der Waals surface area contributed by atoms with Gasteiger partial charge in [0, 0.05) is 16.3 Å². The van der Waals surface area contributed by atoms with Crippen LogP contribution in [0.5, 0.6) is 5.88 Å². The lowest BCUT2D eigenvalue weighted by Gasteiger charge is -2.07. The van der Waals surface area contributed by atoms with Gasteiger partial charge in [-0.05, 0) is 44.5 Å². The van der Waals surface area contributed by atoms with Gasteiger partial charge in [0.1, 0.15) is 0 Å². The lowest BCUT2D eigenvalue weighted by Crippen LogP contribution is -1.91. The van der Waals surface area contributed by atoms with E-state index >= 15 is 0 Å². The third-order valence-corrected chi connectivity index (χ3v) is 5.33. The van der Waals surface area contributed by atoms with E-state index in [1.807, 2.05) is 69.3 Å². The van der Waals surface area contributed by atoms with Gasteiger partial charge in [-0.2, -0.15) is 0 Å². The summed E-state index contributed by atoms with van der Waals surface area (Å²) in [6, 6.07) is 20.1. The van der Waals surface area contributed by atoms with E-state index in [1.54, 1.807) is 0 Å². The average molecular weight is 407 g/mol. The molecule has 31 heavy (non-hydrogen) atoms. The summed E-state index contributed by atoms with van der Waals surface area (Å²) in [5.41, 5.74) is 7.07. The van der Waals surface area contributed by atoms with Crippen molar-refractivity contribution in [2.45, 2.75) is 20.8 Å². The zero-order valence-electron chi connectivity index (χ0n) is 17.5. The quantitative estimate of drug-likeness (QED) is 0.322. The second-order valence-corrected chi connectivity index (χ2v) is 7.79. The van der Waals surface area contributed by atoms with Crippen LogP contribution >= 0.6 is 0 Å². The standard InChI is InChI=1S/C25H21N5O/c1-14-9-10-20-18(12-14)22(17-7-5-4-6-8-17)28-25(26-20)30-29-23-19-13-15(2)11-16(3)21(19)27-24(23)31/h4-13,27,31H,1-3H3. The van der Waals surface area contributed by atoms with Gasteiger partial charge in [0.05, 0.1) is 16.7 Å². The largest absolute Gasteiger partial charge is 0.493 e. The summed E-state index contributed by atoms with van der Waals surface area (Å²) in [6.45, 7) is 6.05. The van der Waals surface area contributed by atoms with Gasteiger partial charge in [0.2, 0.25) is 5.88 Å². The normalized spacial score (nSPS) is 11.7. The van der Waals surface area contributed by atoms with E-state index in [1.165, 1.54) is 0 Å². The molecule has 3 aromatic carbocycles. The van der Waals surface area contributed by atoms with Crippen molar-refractivity contribution in [3.8, 4) is 17.1 Å². The van der Waals surface area contributed by atoms with Gasteiger partial charge in [-0.1, -0.05) is 53.6 Å². The number of aromatic amines is 1. The molecule has 0 unspecified atom stereocenters. The van der Waals surface area contributed by atoms with Gasteiger partial charge in [0.25, 0.3) is 5.95 Å². The summed E-state index contributed by atoms with van der Waals surface area (Å²) in [5, 5.41) is 20.8. The number of nitrogens with one attached hydrogen (secondary N) is 1. The summed E-state index contributed by atoms with van der Waals surface area (Å²) in [6.07, 6.45) is 0. The van der Waals surface area contributed by atoms with E-state index in [0.717, 1.165) is 49.8 Å². The molecule has 6 nitrogen and oxygen atoms in total. The van der Waals surface area contributed by atoms with Crippen molar-refractivity contribution < 1.29 is 5.11 Å². The highest BCUT2D eigenvalue weighted by Gasteiger charge is 2.14. The number of azo groups is 1. The molecule has 5 aromatic rings. The second kappa shape index (κ2) is 7.32. The molecule has 5 rings (SSSR count). The van der Waals surface area contributed by atoms with Crippen molar-refractivity contribution in [3.63, 3.8) is 0 Å². The number of hydrogen-bond donors (Lipinski definition) is 2. The molecule has 0 atom stereocenters. The van der Waals surface area contributed by atoms with Crippen LogP contribution in [0.3, 0.4) is 0 Å². The molecule has 2 heterocycles. The maximum atomic E-state index is 10.4. The maximum Gasteiger partial charge on any atom is 0.270 e. The summed E-state index contributed by atoms with van der Waals surface area (Å²) in [4.78, 5) is 12.3. The first-order valence-electron chi connectivity index (χ1n) is 10.1. The number of hydrogen-bond acceptors (Lipinski definition) is 5. The Kier molecular flexibility index (Phi) is 4.47. The van der Waals surface area contributed by atoms with Gasteiger partial charge >= 0.3 is 0 Å². The molecule has 0 spiro atoms. The summed E-state index contributed by atoms with van der Waals surface area (Å²) >= 11 is 0. The lowest BCUT2D eigenvalue weighted by molar-refractivity contribution is 0.459. The van der Waals surface area contributed by atoms with E-state index < -0.39 is 0 Å². The van der Waals surface area contributed by atoms with Crippen LogP contribution in [0.25, 0.3) is 33.1 Å². The molecule has 0 aliphatic heterocycles. The highest BCUT2D eigenvalue weighted by Crippen LogP contribution is 2.38. The van der Waals surface area contributed by atoms with Crippen LogP contribution in [0.4, 0.5) is 11.6 Å². The monoisotopic (exact) mass is 407 g/mol. The molecule has 0 fully saturated rings. The fourth-order valence-corrected chi connectivity index (χ4v) is 3.91. The number of H-pyrrole nitrogens is 1. The number of fused-ring (bicyclic) bond motifs is 2. The van der Waals surface area contributed by atoms with E-state index in [9.17, 15) is 5.11 Å². The number of benzene rings is 3. The van der Waals surface area contributed by atoms with Gasteiger partial charge in [-0.25, -0.2) is 9.97 Å². The van der Waals surface area contributed by atoms with Crippen molar-refractivity contribution in [1.82, 2.24) is 15.0 Å². The van der Waals surface area contributed by atoms with Crippen LogP contribution in [0.2, 0.25) is 0 Å².